The van der Waals surface area contributed by atoms with E-state index in [0.29, 0.717) is 10.9 Å². The minimum absolute atomic E-state index is 0.00745. The van der Waals surface area contributed by atoms with Crippen LogP contribution in [0.1, 0.15) is 46.6 Å². The van der Waals surface area contributed by atoms with Crippen molar-refractivity contribution in [2.45, 2.75) is 57.7 Å². The lowest BCUT2D eigenvalue weighted by molar-refractivity contribution is -0.119. The first kappa shape index (κ1) is 22.1. The van der Waals surface area contributed by atoms with Crippen LogP contribution in [0.5, 0.6) is 0 Å². The van der Waals surface area contributed by atoms with Crippen molar-refractivity contribution in [3.8, 4) is 17.1 Å². The third kappa shape index (κ3) is 5.30. The predicted molar refractivity (Wildman–Crippen MR) is 124 cm³/mol. The number of nitrogens with one attached hydrogen (secondary N) is 1. The Morgan fingerprint density at radius 3 is 2.33 bits per heavy atom. The first-order chi connectivity index (χ1) is 14.3. The molecule has 2 aromatic carbocycles. The first-order valence-electron chi connectivity index (χ1n) is 10.3. The van der Waals surface area contributed by atoms with Gasteiger partial charge in [0.1, 0.15) is 0 Å². The molecule has 0 fully saturated rings. The van der Waals surface area contributed by atoms with Crippen LogP contribution in [-0.4, -0.2) is 32.5 Å². The molecular formula is C24H30N4OS. The van der Waals surface area contributed by atoms with Crippen LogP contribution in [0.3, 0.4) is 0 Å². The van der Waals surface area contributed by atoms with Gasteiger partial charge in [-0.25, -0.2) is 0 Å². The molecule has 3 rings (SSSR count). The molecule has 158 valence electrons. The van der Waals surface area contributed by atoms with Crippen LogP contribution >= 0.6 is 11.8 Å². The van der Waals surface area contributed by atoms with Gasteiger partial charge >= 0.3 is 0 Å². The van der Waals surface area contributed by atoms with Gasteiger partial charge in [-0.15, -0.1) is 10.2 Å². The number of benzene rings is 2. The molecular weight excluding hydrogens is 392 g/mol. The minimum atomic E-state index is 0.00745. The van der Waals surface area contributed by atoms with Crippen molar-refractivity contribution in [2.75, 3.05) is 5.75 Å². The maximum absolute atomic E-state index is 12.3. The second-order valence-electron chi connectivity index (χ2n) is 8.47. The molecule has 0 spiro atoms. The monoisotopic (exact) mass is 422 g/mol. The summed E-state index contributed by atoms with van der Waals surface area (Å²) in [6.45, 7) is 10.7. The molecule has 30 heavy (non-hydrogen) atoms. The van der Waals surface area contributed by atoms with E-state index in [1.54, 1.807) is 0 Å². The summed E-state index contributed by atoms with van der Waals surface area (Å²) in [5.74, 6) is 1.08. The molecule has 5 nitrogen and oxygen atoms in total. The zero-order valence-corrected chi connectivity index (χ0v) is 19.2. The largest absolute Gasteiger partial charge is 0.353 e. The van der Waals surface area contributed by atoms with Crippen LogP contribution in [0, 0.1) is 0 Å². The lowest BCUT2D eigenvalue weighted by Gasteiger charge is -2.19. The summed E-state index contributed by atoms with van der Waals surface area (Å²) in [5, 5.41) is 12.6. The minimum Gasteiger partial charge on any atom is -0.353 e. The summed E-state index contributed by atoms with van der Waals surface area (Å²) in [4.78, 5) is 12.3. The third-order valence-corrected chi connectivity index (χ3v) is 5.94. The number of rotatable bonds is 7. The van der Waals surface area contributed by atoms with E-state index in [-0.39, 0.29) is 17.4 Å². The predicted octanol–water partition coefficient (Wildman–Crippen LogP) is 5.24. The molecule has 0 aliphatic carbocycles. The highest BCUT2D eigenvalue weighted by Crippen LogP contribution is 2.30. The van der Waals surface area contributed by atoms with Gasteiger partial charge in [-0.1, -0.05) is 81.9 Å². The van der Waals surface area contributed by atoms with Crippen molar-refractivity contribution >= 4 is 17.7 Å². The van der Waals surface area contributed by atoms with E-state index in [9.17, 15) is 4.79 Å². The lowest BCUT2D eigenvalue weighted by atomic mass is 9.87. The van der Waals surface area contributed by atoms with Crippen LogP contribution in [0.4, 0.5) is 0 Å². The molecule has 1 N–H and O–H groups in total. The highest BCUT2D eigenvalue weighted by atomic mass is 32.2. The van der Waals surface area contributed by atoms with Gasteiger partial charge in [-0.3, -0.25) is 9.36 Å². The van der Waals surface area contributed by atoms with Crippen molar-refractivity contribution in [1.82, 2.24) is 20.1 Å². The van der Waals surface area contributed by atoms with E-state index in [0.717, 1.165) is 23.5 Å². The highest BCUT2D eigenvalue weighted by molar-refractivity contribution is 7.99. The molecule has 1 aromatic heterocycles. The molecule has 0 radical (unpaired) electrons. The fraction of sp³-hybridized carbons (Fsp3) is 0.375. The Hall–Kier alpha value is -2.60. The molecule has 3 aromatic rings. The van der Waals surface area contributed by atoms with Gasteiger partial charge in [0, 0.05) is 17.3 Å². The molecule has 0 saturated heterocycles. The Kier molecular flexibility index (Phi) is 6.98. The number of aromatic nitrogens is 3. The number of amides is 1. The Morgan fingerprint density at radius 2 is 1.73 bits per heavy atom. The molecule has 0 saturated carbocycles. The van der Waals surface area contributed by atoms with Gasteiger partial charge in [0.05, 0.1) is 5.75 Å². The maximum atomic E-state index is 12.3. The fourth-order valence-electron chi connectivity index (χ4n) is 3.03. The quantitative estimate of drug-likeness (QED) is 0.529. The zero-order chi connectivity index (χ0) is 21.7. The molecule has 0 bridgehead atoms. The van der Waals surface area contributed by atoms with Crippen LogP contribution in [0.25, 0.3) is 17.1 Å². The van der Waals surface area contributed by atoms with E-state index >= 15 is 0 Å². The number of hydrogen-bond acceptors (Lipinski definition) is 4. The SMILES string of the molecule is CCC(C)NC(=O)CSc1nnc(-c2ccc(C(C)(C)C)cc2)n1-c1ccccc1. The summed E-state index contributed by atoms with van der Waals surface area (Å²) in [6, 6.07) is 18.7. The Morgan fingerprint density at radius 1 is 1.07 bits per heavy atom. The van der Waals surface area contributed by atoms with Crippen LogP contribution in [0.15, 0.2) is 59.8 Å². The summed E-state index contributed by atoms with van der Waals surface area (Å²) < 4.78 is 2.02. The van der Waals surface area contributed by atoms with Crippen LogP contribution in [0.2, 0.25) is 0 Å². The van der Waals surface area contributed by atoms with Crippen molar-refractivity contribution < 1.29 is 4.79 Å². The average Bonchev–Trinajstić information content (AvgIpc) is 3.16. The summed E-state index contributed by atoms with van der Waals surface area (Å²) in [5.41, 5.74) is 3.33. The van der Waals surface area contributed by atoms with Gasteiger partial charge in [-0.2, -0.15) is 0 Å². The van der Waals surface area contributed by atoms with Gasteiger partial charge in [0.25, 0.3) is 0 Å². The Balaban J connectivity index is 1.92. The molecule has 1 unspecified atom stereocenters. The fourth-order valence-corrected chi connectivity index (χ4v) is 3.79. The number of para-hydroxylation sites is 1. The standard InChI is InChI=1S/C24H30N4OS/c1-6-17(2)25-21(29)16-30-23-27-26-22(28(23)20-10-8-7-9-11-20)18-12-14-19(15-13-18)24(3,4)5/h7-15,17H,6,16H2,1-5H3,(H,25,29). The molecule has 1 amide bonds. The molecule has 6 heteroatoms. The Bertz CT molecular complexity index is 975. The second-order valence-corrected chi connectivity index (χ2v) is 9.41. The van der Waals surface area contributed by atoms with Crippen LogP contribution < -0.4 is 5.32 Å². The topological polar surface area (TPSA) is 59.8 Å². The number of thioether (sulfide) groups is 1. The van der Waals surface area contributed by atoms with Gasteiger partial charge in [-0.05, 0) is 36.5 Å². The van der Waals surface area contributed by atoms with Crippen molar-refractivity contribution in [3.63, 3.8) is 0 Å². The number of carbonyl (C=O) groups is 1. The van der Waals surface area contributed by atoms with Crippen molar-refractivity contribution in [3.05, 3.63) is 60.2 Å². The highest BCUT2D eigenvalue weighted by Gasteiger charge is 2.19. The van der Waals surface area contributed by atoms with Gasteiger partial charge in [0.15, 0.2) is 11.0 Å². The summed E-state index contributed by atoms with van der Waals surface area (Å²) >= 11 is 1.40. The molecule has 1 heterocycles. The maximum Gasteiger partial charge on any atom is 0.230 e. The second kappa shape index (κ2) is 9.47. The summed E-state index contributed by atoms with van der Waals surface area (Å²) in [6.07, 6.45) is 0.908. The first-order valence-corrected chi connectivity index (χ1v) is 11.3. The van der Waals surface area contributed by atoms with E-state index in [4.69, 9.17) is 0 Å². The van der Waals surface area contributed by atoms with E-state index in [1.165, 1.54) is 17.3 Å². The van der Waals surface area contributed by atoms with E-state index in [2.05, 4.69) is 67.5 Å². The average molecular weight is 423 g/mol. The third-order valence-electron chi connectivity index (χ3n) is 5.01. The van der Waals surface area contributed by atoms with Gasteiger partial charge in [0.2, 0.25) is 5.91 Å². The van der Waals surface area contributed by atoms with Crippen molar-refractivity contribution in [2.24, 2.45) is 0 Å². The van der Waals surface area contributed by atoms with Crippen LogP contribution in [-0.2, 0) is 10.2 Å². The smallest absolute Gasteiger partial charge is 0.230 e. The van der Waals surface area contributed by atoms with E-state index < -0.39 is 0 Å². The molecule has 1 atom stereocenters. The van der Waals surface area contributed by atoms with E-state index in [1.807, 2.05) is 41.8 Å². The molecule has 0 aliphatic rings. The Labute approximate surface area is 183 Å². The summed E-state index contributed by atoms with van der Waals surface area (Å²) in [7, 11) is 0. The number of hydrogen-bond donors (Lipinski definition) is 1. The molecule has 0 aliphatic heterocycles. The lowest BCUT2D eigenvalue weighted by Crippen LogP contribution is -2.33. The van der Waals surface area contributed by atoms with Gasteiger partial charge < -0.3 is 5.32 Å². The zero-order valence-electron chi connectivity index (χ0n) is 18.3. The normalized spacial score (nSPS) is 12.6. The number of nitrogens with zero attached hydrogens (tertiary/aromatic N) is 3. The van der Waals surface area contributed by atoms with Crippen molar-refractivity contribution in [1.29, 1.82) is 0 Å². The number of carbonyl (C=O) groups excluding carboxylic acids is 1.